The normalized spacial score (nSPS) is 11.1. The zero-order chi connectivity index (χ0) is 20.1. The molecule has 0 unspecified atom stereocenters. The Hall–Kier alpha value is -2.69. The summed E-state index contributed by atoms with van der Waals surface area (Å²) in [6, 6.07) is 25.5. The molecule has 0 amide bonds. The minimum absolute atomic E-state index is 0.856. The Balaban J connectivity index is 1.26. The summed E-state index contributed by atoms with van der Waals surface area (Å²) >= 11 is 4.62. The second-order valence-corrected chi connectivity index (χ2v) is 7.74. The highest BCUT2D eigenvalue weighted by molar-refractivity contribution is 7.80. The van der Waals surface area contributed by atoms with Crippen molar-refractivity contribution in [1.82, 2.24) is 5.32 Å². The fraction of sp³-hybridized carbons (Fsp3) is 0.200. The number of hydrogen-bond acceptors (Lipinski definition) is 4. The minimum Gasteiger partial charge on any atom is -0.383 e. The molecule has 0 fully saturated rings. The maximum Gasteiger partial charge on any atom is 0.0555 e. The van der Waals surface area contributed by atoms with Crippen molar-refractivity contribution in [1.29, 1.82) is 0 Å². The molecule has 0 saturated carbocycles. The van der Waals surface area contributed by atoms with Gasteiger partial charge < -0.3 is 16.0 Å². The molecule has 0 aromatic heterocycles. The van der Waals surface area contributed by atoms with Crippen molar-refractivity contribution in [3.05, 3.63) is 78.4 Å². The fourth-order valence-electron chi connectivity index (χ4n) is 3.81. The van der Waals surface area contributed by atoms with E-state index in [9.17, 15) is 0 Å². The molecule has 148 valence electrons. The van der Waals surface area contributed by atoms with Gasteiger partial charge in [0.15, 0.2) is 0 Å². The van der Waals surface area contributed by atoms with Crippen LogP contribution in [0.1, 0.15) is 5.56 Å². The average molecular weight is 402 g/mol. The quantitative estimate of drug-likeness (QED) is 0.226. The lowest BCUT2D eigenvalue weighted by Gasteiger charge is -2.14. The maximum atomic E-state index is 4.62. The first kappa shape index (κ1) is 19.6. The van der Waals surface area contributed by atoms with Crippen molar-refractivity contribution in [2.45, 2.75) is 11.8 Å². The van der Waals surface area contributed by atoms with Gasteiger partial charge in [0.1, 0.15) is 0 Å². The number of hydrogen-bond donors (Lipinski definition) is 4. The van der Waals surface area contributed by atoms with Crippen molar-refractivity contribution in [3.8, 4) is 0 Å². The van der Waals surface area contributed by atoms with E-state index in [0.717, 1.165) is 36.8 Å². The van der Waals surface area contributed by atoms with E-state index < -0.39 is 0 Å². The van der Waals surface area contributed by atoms with E-state index in [1.807, 2.05) is 0 Å². The summed E-state index contributed by atoms with van der Waals surface area (Å²) in [6.07, 6.45) is 0. The summed E-state index contributed by atoms with van der Waals surface area (Å²) in [4.78, 5) is 0.983. The predicted molar refractivity (Wildman–Crippen MR) is 130 cm³/mol. The van der Waals surface area contributed by atoms with Crippen LogP contribution in [-0.4, -0.2) is 26.2 Å². The third kappa shape index (κ3) is 4.50. The molecule has 4 aromatic carbocycles. The van der Waals surface area contributed by atoms with Crippen LogP contribution in [0.25, 0.3) is 21.5 Å². The van der Waals surface area contributed by atoms with Crippen LogP contribution in [0.3, 0.4) is 0 Å². The van der Waals surface area contributed by atoms with Gasteiger partial charge in [-0.05, 0) is 35.4 Å². The van der Waals surface area contributed by atoms with Crippen LogP contribution in [-0.2, 0) is 0 Å². The van der Waals surface area contributed by atoms with Crippen LogP contribution in [0.5, 0.6) is 0 Å². The highest BCUT2D eigenvalue weighted by atomic mass is 32.1. The molecule has 4 heteroatoms. The standard InChI is InChI=1S/C25H27N3S/c1-18-6-4-8-20-9-5-11-22(24(18)20)27-16-14-26-15-17-28-25-21-10-3-2-7-19(21)12-13-23(25)29/h2-13,26-29H,14-17H2,1H3. The highest BCUT2D eigenvalue weighted by Gasteiger charge is 2.05. The van der Waals surface area contributed by atoms with E-state index in [-0.39, 0.29) is 0 Å². The van der Waals surface area contributed by atoms with Gasteiger partial charge in [0.2, 0.25) is 0 Å². The summed E-state index contributed by atoms with van der Waals surface area (Å²) in [5.41, 5.74) is 3.62. The van der Waals surface area contributed by atoms with Gasteiger partial charge in [-0.3, -0.25) is 0 Å². The molecule has 3 nitrogen and oxygen atoms in total. The van der Waals surface area contributed by atoms with Crippen LogP contribution < -0.4 is 16.0 Å². The van der Waals surface area contributed by atoms with Crippen molar-refractivity contribution in [2.24, 2.45) is 0 Å². The summed E-state index contributed by atoms with van der Waals surface area (Å²) in [6.45, 7) is 5.72. The zero-order valence-electron chi connectivity index (χ0n) is 16.7. The van der Waals surface area contributed by atoms with E-state index in [0.29, 0.717) is 0 Å². The van der Waals surface area contributed by atoms with Crippen LogP contribution in [0, 0.1) is 6.92 Å². The lowest BCUT2D eigenvalue weighted by Crippen LogP contribution is -2.27. The second-order valence-electron chi connectivity index (χ2n) is 7.26. The number of aryl methyl sites for hydroxylation is 1. The van der Waals surface area contributed by atoms with E-state index in [4.69, 9.17) is 0 Å². The van der Waals surface area contributed by atoms with Crippen LogP contribution in [0.2, 0.25) is 0 Å². The van der Waals surface area contributed by atoms with Crippen molar-refractivity contribution in [2.75, 3.05) is 36.8 Å². The van der Waals surface area contributed by atoms with Crippen LogP contribution in [0.4, 0.5) is 11.4 Å². The first-order valence-corrected chi connectivity index (χ1v) is 10.6. The van der Waals surface area contributed by atoms with Gasteiger partial charge in [-0.15, -0.1) is 12.6 Å². The van der Waals surface area contributed by atoms with E-state index in [1.165, 1.54) is 32.8 Å². The summed E-state index contributed by atoms with van der Waals surface area (Å²) in [7, 11) is 0. The highest BCUT2D eigenvalue weighted by Crippen LogP contribution is 2.29. The zero-order valence-corrected chi connectivity index (χ0v) is 17.6. The topological polar surface area (TPSA) is 36.1 Å². The SMILES string of the molecule is Cc1cccc2cccc(NCCNCCNc3c(S)ccc4ccccc34)c12. The Morgan fingerprint density at radius 2 is 1.41 bits per heavy atom. The molecule has 29 heavy (non-hydrogen) atoms. The van der Waals surface area contributed by atoms with Gasteiger partial charge in [0.25, 0.3) is 0 Å². The molecule has 0 radical (unpaired) electrons. The third-order valence-electron chi connectivity index (χ3n) is 5.24. The van der Waals surface area contributed by atoms with Gasteiger partial charge in [-0.2, -0.15) is 0 Å². The van der Waals surface area contributed by atoms with Gasteiger partial charge >= 0.3 is 0 Å². The Labute approximate surface area is 177 Å². The number of thiol groups is 1. The first-order chi connectivity index (χ1) is 14.2. The van der Waals surface area contributed by atoms with Crippen LogP contribution >= 0.6 is 12.6 Å². The van der Waals surface area contributed by atoms with Gasteiger partial charge in [0.05, 0.1) is 5.69 Å². The molecule has 0 heterocycles. The smallest absolute Gasteiger partial charge is 0.0555 e. The molecular weight excluding hydrogens is 374 g/mol. The maximum absolute atomic E-state index is 4.62. The van der Waals surface area contributed by atoms with Crippen molar-refractivity contribution >= 4 is 45.5 Å². The van der Waals surface area contributed by atoms with Gasteiger partial charge in [0, 0.05) is 47.5 Å². The van der Waals surface area contributed by atoms with Crippen LogP contribution in [0.15, 0.2) is 77.7 Å². The van der Waals surface area contributed by atoms with Gasteiger partial charge in [-0.1, -0.05) is 60.7 Å². The molecule has 0 aliphatic carbocycles. The molecule has 0 bridgehead atoms. The molecule has 0 aliphatic heterocycles. The molecule has 3 N–H and O–H groups in total. The Morgan fingerprint density at radius 1 is 0.690 bits per heavy atom. The van der Waals surface area contributed by atoms with Crippen molar-refractivity contribution in [3.63, 3.8) is 0 Å². The number of anilines is 2. The Kier molecular flexibility index (Phi) is 6.23. The Morgan fingerprint density at radius 3 is 2.28 bits per heavy atom. The molecule has 0 saturated heterocycles. The third-order valence-corrected chi connectivity index (χ3v) is 5.61. The monoisotopic (exact) mass is 401 g/mol. The lowest BCUT2D eigenvalue weighted by molar-refractivity contribution is 0.719. The molecule has 0 aliphatic rings. The Bertz CT molecular complexity index is 1120. The molecule has 0 spiro atoms. The minimum atomic E-state index is 0.856. The van der Waals surface area contributed by atoms with E-state index in [1.54, 1.807) is 0 Å². The first-order valence-electron chi connectivity index (χ1n) is 10.1. The summed E-state index contributed by atoms with van der Waals surface area (Å²) in [5, 5.41) is 15.7. The molecule has 4 aromatic rings. The largest absolute Gasteiger partial charge is 0.383 e. The fourth-order valence-corrected chi connectivity index (χ4v) is 4.08. The summed E-state index contributed by atoms with van der Waals surface area (Å²) in [5.74, 6) is 0. The second kappa shape index (κ2) is 9.21. The van der Waals surface area contributed by atoms with Crippen molar-refractivity contribution < 1.29 is 0 Å². The number of nitrogens with one attached hydrogen (secondary N) is 3. The predicted octanol–water partition coefficient (Wildman–Crippen LogP) is 5.70. The summed E-state index contributed by atoms with van der Waals surface area (Å²) < 4.78 is 0. The number of fused-ring (bicyclic) bond motifs is 2. The lowest BCUT2D eigenvalue weighted by atomic mass is 10.0. The molecule has 0 atom stereocenters. The average Bonchev–Trinajstić information content (AvgIpc) is 2.74. The number of rotatable bonds is 8. The van der Waals surface area contributed by atoms with E-state index in [2.05, 4.69) is 108 Å². The molecule has 4 rings (SSSR count). The molecular formula is C25H27N3S. The van der Waals surface area contributed by atoms with E-state index >= 15 is 0 Å². The van der Waals surface area contributed by atoms with Gasteiger partial charge in [-0.25, -0.2) is 0 Å². The number of benzene rings is 4.